The van der Waals surface area contributed by atoms with Crippen LogP contribution in [0.25, 0.3) is 0 Å². The Balaban J connectivity index is 1.92. The van der Waals surface area contributed by atoms with Crippen molar-refractivity contribution in [3.63, 3.8) is 0 Å². The molecule has 0 bridgehead atoms. The molecule has 0 amide bonds. The van der Waals surface area contributed by atoms with Crippen molar-refractivity contribution in [2.75, 3.05) is 11.9 Å². The Labute approximate surface area is 117 Å². The molecular weight excluding hydrogens is 292 g/mol. The lowest BCUT2D eigenvalue weighted by Gasteiger charge is -2.35. The topological polar surface area (TPSA) is 45.1 Å². The Morgan fingerprint density at radius 1 is 1.50 bits per heavy atom. The molecule has 0 atom stereocenters. The normalized spacial score (nSPS) is 28.1. The Bertz CT molecular complexity index is 414. The van der Waals surface area contributed by atoms with Gasteiger partial charge in [0, 0.05) is 17.2 Å². The fraction of sp³-hybridized carbons (Fsp3) is 0.643. The van der Waals surface area contributed by atoms with Crippen molar-refractivity contribution in [2.45, 2.75) is 45.1 Å². The summed E-state index contributed by atoms with van der Waals surface area (Å²) in [6, 6.07) is 2.00. The quantitative estimate of drug-likeness (QED) is 0.897. The van der Waals surface area contributed by atoms with Gasteiger partial charge in [-0.25, -0.2) is 4.98 Å². The molecule has 0 aromatic carbocycles. The van der Waals surface area contributed by atoms with Gasteiger partial charge in [0.15, 0.2) is 0 Å². The molecule has 1 aromatic heterocycles. The van der Waals surface area contributed by atoms with Gasteiger partial charge in [-0.3, -0.25) is 0 Å². The molecule has 2 N–H and O–H groups in total. The second-order valence-electron chi connectivity index (χ2n) is 5.58. The van der Waals surface area contributed by atoms with E-state index >= 15 is 0 Å². The minimum atomic E-state index is -0.560. The average Bonchev–Trinajstić information content (AvgIpc) is 2.35. The average molecular weight is 313 g/mol. The van der Waals surface area contributed by atoms with Gasteiger partial charge in [-0.1, -0.05) is 6.92 Å². The van der Waals surface area contributed by atoms with Gasteiger partial charge in [0.1, 0.15) is 5.82 Å². The first-order chi connectivity index (χ1) is 8.48. The summed E-state index contributed by atoms with van der Waals surface area (Å²) in [5.41, 5.74) is 0.589. The molecule has 0 radical (unpaired) electrons. The SMILES string of the molecule is Cc1cc(NCC2(O)CCC(C)CC2)ncc1Br. The third kappa shape index (κ3) is 3.45. The largest absolute Gasteiger partial charge is 0.388 e. The van der Waals surface area contributed by atoms with E-state index in [1.165, 1.54) is 0 Å². The lowest BCUT2D eigenvalue weighted by molar-refractivity contribution is 0.00494. The van der Waals surface area contributed by atoms with Gasteiger partial charge in [-0.15, -0.1) is 0 Å². The van der Waals surface area contributed by atoms with Crippen molar-refractivity contribution in [1.29, 1.82) is 0 Å². The Morgan fingerprint density at radius 3 is 2.78 bits per heavy atom. The highest BCUT2D eigenvalue weighted by atomic mass is 79.9. The number of hydrogen-bond donors (Lipinski definition) is 2. The molecule has 0 spiro atoms. The van der Waals surface area contributed by atoms with E-state index in [0.717, 1.165) is 47.5 Å². The lowest BCUT2D eigenvalue weighted by Crippen LogP contribution is -2.40. The van der Waals surface area contributed by atoms with E-state index in [4.69, 9.17) is 0 Å². The number of aliphatic hydroxyl groups is 1. The summed E-state index contributed by atoms with van der Waals surface area (Å²) in [7, 11) is 0. The molecule has 1 aromatic rings. The van der Waals surface area contributed by atoms with E-state index in [1.807, 2.05) is 13.0 Å². The van der Waals surface area contributed by atoms with Crippen LogP contribution >= 0.6 is 15.9 Å². The molecule has 1 fully saturated rings. The number of halogens is 1. The van der Waals surface area contributed by atoms with E-state index < -0.39 is 5.60 Å². The van der Waals surface area contributed by atoms with E-state index in [1.54, 1.807) is 6.20 Å². The fourth-order valence-electron chi connectivity index (χ4n) is 2.37. The van der Waals surface area contributed by atoms with Gasteiger partial charge in [0.05, 0.1) is 5.60 Å². The van der Waals surface area contributed by atoms with Gasteiger partial charge in [-0.05, 0) is 66.1 Å². The summed E-state index contributed by atoms with van der Waals surface area (Å²) in [6.45, 7) is 4.88. The van der Waals surface area contributed by atoms with Crippen LogP contribution in [0.1, 0.15) is 38.2 Å². The van der Waals surface area contributed by atoms with Gasteiger partial charge in [0.25, 0.3) is 0 Å². The van der Waals surface area contributed by atoms with Gasteiger partial charge in [-0.2, -0.15) is 0 Å². The molecule has 3 nitrogen and oxygen atoms in total. The molecule has 0 saturated heterocycles. The smallest absolute Gasteiger partial charge is 0.126 e. The predicted molar refractivity (Wildman–Crippen MR) is 77.7 cm³/mol. The van der Waals surface area contributed by atoms with Crippen LogP contribution in [0.15, 0.2) is 16.7 Å². The zero-order valence-electron chi connectivity index (χ0n) is 11.0. The van der Waals surface area contributed by atoms with Crippen molar-refractivity contribution in [3.05, 3.63) is 22.3 Å². The first-order valence-electron chi connectivity index (χ1n) is 6.57. The first kappa shape index (κ1) is 13.8. The molecule has 1 aliphatic rings. The number of aryl methyl sites for hydroxylation is 1. The van der Waals surface area contributed by atoms with E-state index in [2.05, 4.69) is 33.2 Å². The summed E-state index contributed by atoms with van der Waals surface area (Å²) < 4.78 is 1.01. The monoisotopic (exact) mass is 312 g/mol. The van der Waals surface area contributed by atoms with Gasteiger partial charge in [0.2, 0.25) is 0 Å². The summed E-state index contributed by atoms with van der Waals surface area (Å²) in [5.74, 6) is 1.58. The van der Waals surface area contributed by atoms with Crippen molar-refractivity contribution in [2.24, 2.45) is 5.92 Å². The zero-order valence-corrected chi connectivity index (χ0v) is 12.6. The number of aromatic nitrogens is 1. The summed E-state index contributed by atoms with van der Waals surface area (Å²) >= 11 is 3.43. The summed E-state index contributed by atoms with van der Waals surface area (Å²) in [6.07, 6.45) is 5.80. The van der Waals surface area contributed by atoms with Crippen molar-refractivity contribution >= 4 is 21.7 Å². The number of nitrogens with one attached hydrogen (secondary N) is 1. The van der Waals surface area contributed by atoms with Crippen LogP contribution in [0.3, 0.4) is 0 Å². The van der Waals surface area contributed by atoms with Crippen LogP contribution in [0.4, 0.5) is 5.82 Å². The van der Waals surface area contributed by atoms with E-state index in [0.29, 0.717) is 6.54 Å². The molecule has 1 heterocycles. The van der Waals surface area contributed by atoms with Crippen molar-refractivity contribution in [1.82, 2.24) is 4.98 Å². The highest BCUT2D eigenvalue weighted by molar-refractivity contribution is 9.10. The second-order valence-corrected chi connectivity index (χ2v) is 6.43. The fourth-order valence-corrected chi connectivity index (χ4v) is 2.58. The number of anilines is 1. The highest BCUT2D eigenvalue weighted by Gasteiger charge is 2.31. The molecule has 4 heteroatoms. The Kier molecular flexibility index (Phi) is 4.28. The van der Waals surface area contributed by atoms with Crippen molar-refractivity contribution in [3.8, 4) is 0 Å². The van der Waals surface area contributed by atoms with Crippen LogP contribution in [-0.4, -0.2) is 22.2 Å². The van der Waals surface area contributed by atoms with Crippen LogP contribution in [0.5, 0.6) is 0 Å². The molecule has 0 aliphatic heterocycles. The number of pyridine rings is 1. The second kappa shape index (κ2) is 5.57. The zero-order chi connectivity index (χ0) is 13.2. The number of nitrogens with zero attached hydrogens (tertiary/aromatic N) is 1. The highest BCUT2D eigenvalue weighted by Crippen LogP contribution is 2.32. The molecular formula is C14H21BrN2O. The molecule has 1 saturated carbocycles. The predicted octanol–water partition coefficient (Wildman–Crippen LogP) is 3.51. The van der Waals surface area contributed by atoms with Gasteiger partial charge < -0.3 is 10.4 Å². The van der Waals surface area contributed by atoms with Crippen molar-refractivity contribution < 1.29 is 5.11 Å². The maximum Gasteiger partial charge on any atom is 0.126 e. The maximum absolute atomic E-state index is 10.5. The lowest BCUT2D eigenvalue weighted by atomic mass is 9.79. The Hall–Kier alpha value is -0.610. The van der Waals surface area contributed by atoms with Crippen LogP contribution < -0.4 is 5.32 Å². The molecule has 100 valence electrons. The minimum absolute atomic E-state index is 0.560. The summed E-state index contributed by atoms with van der Waals surface area (Å²) in [4.78, 5) is 4.30. The third-order valence-corrected chi connectivity index (χ3v) is 4.68. The first-order valence-corrected chi connectivity index (χ1v) is 7.36. The van der Waals surface area contributed by atoms with Crippen LogP contribution in [-0.2, 0) is 0 Å². The number of hydrogen-bond acceptors (Lipinski definition) is 3. The molecule has 2 rings (SSSR count). The number of rotatable bonds is 3. The van der Waals surface area contributed by atoms with Gasteiger partial charge >= 0.3 is 0 Å². The minimum Gasteiger partial charge on any atom is -0.388 e. The maximum atomic E-state index is 10.5. The molecule has 1 aliphatic carbocycles. The molecule has 18 heavy (non-hydrogen) atoms. The molecule has 0 unspecified atom stereocenters. The van der Waals surface area contributed by atoms with Crippen LogP contribution in [0.2, 0.25) is 0 Å². The third-order valence-electron chi connectivity index (χ3n) is 3.85. The van der Waals surface area contributed by atoms with E-state index in [-0.39, 0.29) is 0 Å². The van der Waals surface area contributed by atoms with E-state index in [9.17, 15) is 5.11 Å². The Morgan fingerprint density at radius 2 is 2.17 bits per heavy atom. The summed E-state index contributed by atoms with van der Waals surface area (Å²) in [5, 5.41) is 13.7. The standard InChI is InChI=1S/C14H21BrN2O/c1-10-3-5-14(18,6-4-10)9-17-13-7-11(2)12(15)8-16-13/h7-8,10,18H,3-6,9H2,1-2H3,(H,16,17). The van der Waals surface area contributed by atoms with Crippen LogP contribution in [0, 0.1) is 12.8 Å².